The molecule has 7 heteroatoms. The van der Waals surface area contributed by atoms with Gasteiger partial charge in [0.15, 0.2) is 0 Å². The fourth-order valence-corrected chi connectivity index (χ4v) is 2.69. The Balaban J connectivity index is 2.24. The van der Waals surface area contributed by atoms with E-state index >= 15 is 0 Å². The van der Waals surface area contributed by atoms with E-state index in [4.69, 9.17) is 5.11 Å². The van der Waals surface area contributed by atoms with Crippen LogP contribution in [-0.2, 0) is 4.79 Å². The third-order valence-corrected chi connectivity index (χ3v) is 4.19. The minimum Gasteiger partial charge on any atom is -0.480 e. The molecule has 1 aromatic carbocycles. The number of nitrogens with one attached hydrogen (secondary N) is 1. The number of carboxylic acid groups (broad SMARTS) is 1. The Bertz CT molecular complexity index is 726. The highest BCUT2D eigenvalue weighted by Gasteiger charge is 2.35. The number of carboxylic acids is 1. The van der Waals surface area contributed by atoms with Crippen molar-refractivity contribution < 1.29 is 24.3 Å². The summed E-state index contributed by atoms with van der Waals surface area (Å²) < 4.78 is 0. The van der Waals surface area contributed by atoms with Crippen LogP contribution in [0.2, 0.25) is 0 Å². The van der Waals surface area contributed by atoms with Gasteiger partial charge in [-0.2, -0.15) is 0 Å². The molecule has 0 radical (unpaired) electrons. The van der Waals surface area contributed by atoms with Crippen molar-refractivity contribution in [1.29, 1.82) is 0 Å². The number of rotatable bonds is 7. The smallest absolute Gasteiger partial charge is 0.326 e. The summed E-state index contributed by atoms with van der Waals surface area (Å²) >= 11 is 0. The normalized spacial score (nSPS) is 14.6. The maximum Gasteiger partial charge on any atom is 0.326 e. The molecular formula is C18H22N2O5. The predicted molar refractivity (Wildman–Crippen MR) is 90.4 cm³/mol. The van der Waals surface area contributed by atoms with E-state index in [1.165, 1.54) is 23.1 Å². The van der Waals surface area contributed by atoms with Crippen LogP contribution in [0, 0.1) is 5.92 Å². The van der Waals surface area contributed by atoms with Crippen LogP contribution in [0.1, 0.15) is 64.7 Å². The molecule has 0 bridgehead atoms. The summed E-state index contributed by atoms with van der Waals surface area (Å²) in [5.41, 5.74) is 0.616. The molecule has 0 aromatic heterocycles. The Morgan fingerprint density at radius 2 is 1.80 bits per heavy atom. The SMILES string of the molecule is CCCCN1C(=O)c2ccc(C(=O)N[C@@H](C(=O)O)C(C)C)cc2C1=O. The zero-order chi connectivity index (χ0) is 18.7. The zero-order valence-electron chi connectivity index (χ0n) is 14.5. The highest BCUT2D eigenvalue weighted by molar-refractivity contribution is 6.22. The summed E-state index contributed by atoms with van der Waals surface area (Å²) in [4.78, 5) is 49.4. The maximum atomic E-state index is 12.4. The summed E-state index contributed by atoms with van der Waals surface area (Å²) in [6, 6.07) is 3.21. The van der Waals surface area contributed by atoms with Crippen molar-refractivity contribution in [1.82, 2.24) is 10.2 Å². The van der Waals surface area contributed by atoms with Gasteiger partial charge in [0.1, 0.15) is 6.04 Å². The Morgan fingerprint density at radius 3 is 2.36 bits per heavy atom. The molecule has 1 aliphatic heterocycles. The van der Waals surface area contributed by atoms with Crippen LogP contribution in [0.4, 0.5) is 0 Å². The van der Waals surface area contributed by atoms with Crippen molar-refractivity contribution in [2.45, 2.75) is 39.7 Å². The number of imide groups is 1. The lowest BCUT2D eigenvalue weighted by atomic mass is 10.0. The van der Waals surface area contributed by atoms with Crippen LogP contribution in [0.25, 0.3) is 0 Å². The summed E-state index contributed by atoms with van der Waals surface area (Å²) in [7, 11) is 0. The van der Waals surface area contributed by atoms with E-state index in [1.807, 2.05) is 6.92 Å². The first-order valence-electron chi connectivity index (χ1n) is 8.31. The molecule has 1 aromatic rings. The standard InChI is InChI=1S/C18H22N2O5/c1-4-5-8-20-16(22)12-7-6-11(9-13(12)17(20)23)15(21)19-14(10(2)3)18(24)25/h6-7,9-10,14H,4-5,8H2,1-3H3,(H,19,21)(H,24,25)/t14-/m1/s1. The fourth-order valence-electron chi connectivity index (χ4n) is 2.69. The van der Waals surface area contributed by atoms with E-state index in [9.17, 15) is 19.2 Å². The molecule has 25 heavy (non-hydrogen) atoms. The van der Waals surface area contributed by atoms with Gasteiger partial charge < -0.3 is 10.4 Å². The van der Waals surface area contributed by atoms with Gasteiger partial charge in [-0.25, -0.2) is 4.79 Å². The second-order valence-corrected chi connectivity index (χ2v) is 6.41. The van der Waals surface area contributed by atoms with Gasteiger partial charge in [0.05, 0.1) is 11.1 Å². The fraction of sp³-hybridized carbons (Fsp3) is 0.444. The van der Waals surface area contributed by atoms with E-state index in [0.717, 1.165) is 6.42 Å². The Morgan fingerprint density at radius 1 is 1.16 bits per heavy atom. The number of benzene rings is 1. The van der Waals surface area contributed by atoms with Crippen molar-refractivity contribution in [3.05, 3.63) is 34.9 Å². The number of fused-ring (bicyclic) bond motifs is 1. The van der Waals surface area contributed by atoms with E-state index in [0.29, 0.717) is 13.0 Å². The van der Waals surface area contributed by atoms with E-state index in [-0.39, 0.29) is 28.5 Å². The van der Waals surface area contributed by atoms with E-state index in [1.54, 1.807) is 13.8 Å². The summed E-state index contributed by atoms with van der Waals surface area (Å²) in [6.07, 6.45) is 1.57. The molecule has 1 aliphatic rings. The molecule has 7 nitrogen and oxygen atoms in total. The topological polar surface area (TPSA) is 104 Å². The second-order valence-electron chi connectivity index (χ2n) is 6.41. The second kappa shape index (κ2) is 7.46. The van der Waals surface area contributed by atoms with Gasteiger partial charge in [0.25, 0.3) is 17.7 Å². The van der Waals surface area contributed by atoms with Crippen LogP contribution in [0.5, 0.6) is 0 Å². The molecule has 134 valence electrons. The van der Waals surface area contributed by atoms with Crippen molar-refractivity contribution in [3.8, 4) is 0 Å². The Hall–Kier alpha value is -2.70. The van der Waals surface area contributed by atoms with Gasteiger partial charge in [-0.15, -0.1) is 0 Å². The maximum absolute atomic E-state index is 12.4. The van der Waals surface area contributed by atoms with Crippen molar-refractivity contribution in [3.63, 3.8) is 0 Å². The lowest BCUT2D eigenvalue weighted by molar-refractivity contribution is -0.140. The molecule has 2 N–H and O–H groups in total. The van der Waals surface area contributed by atoms with Crippen LogP contribution in [-0.4, -0.2) is 46.3 Å². The Kier molecular flexibility index (Phi) is 5.56. The quantitative estimate of drug-likeness (QED) is 0.734. The van der Waals surface area contributed by atoms with Crippen molar-refractivity contribution >= 4 is 23.7 Å². The largest absolute Gasteiger partial charge is 0.480 e. The van der Waals surface area contributed by atoms with Crippen LogP contribution in [0.3, 0.4) is 0 Å². The monoisotopic (exact) mass is 346 g/mol. The number of hydrogen-bond acceptors (Lipinski definition) is 4. The molecular weight excluding hydrogens is 324 g/mol. The average molecular weight is 346 g/mol. The summed E-state index contributed by atoms with van der Waals surface area (Å²) in [5.74, 6) is -2.77. The van der Waals surface area contributed by atoms with Gasteiger partial charge in [-0.1, -0.05) is 27.2 Å². The first-order chi connectivity index (χ1) is 11.8. The minimum absolute atomic E-state index is 0.157. The number of carbonyl (C=O) groups excluding carboxylic acids is 3. The lowest BCUT2D eigenvalue weighted by Crippen LogP contribution is -2.44. The number of amides is 3. The molecule has 0 spiro atoms. The van der Waals surface area contributed by atoms with E-state index in [2.05, 4.69) is 5.32 Å². The molecule has 1 atom stereocenters. The van der Waals surface area contributed by atoms with Gasteiger partial charge in [-0.3, -0.25) is 19.3 Å². The number of hydrogen-bond donors (Lipinski definition) is 2. The zero-order valence-corrected chi connectivity index (χ0v) is 14.5. The molecule has 0 aliphatic carbocycles. The first kappa shape index (κ1) is 18.6. The van der Waals surface area contributed by atoms with Gasteiger partial charge in [0.2, 0.25) is 0 Å². The van der Waals surface area contributed by atoms with Crippen LogP contribution < -0.4 is 5.32 Å². The number of aliphatic carboxylic acids is 1. The van der Waals surface area contributed by atoms with Crippen LogP contribution >= 0.6 is 0 Å². The number of carbonyl (C=O) groups is 4. The molecule has 2 rings (SSSR count). The van der Waals surface area contributed by atoms with Gasteiger partial charge in [0, 0.05) is 12.1 Å². The summed E-state index contributed by atoms with van der Waals surface area (Å²) in [6.45, 7) is 5.69. The van der Waals surface area contributed by atoms with Crippen LogP contribution in [0.15, 0.2) is 18.2 Å². The van der Waals surface area contributed by atoms with E-state index < -0.39 is 23.8 Å². The molecule has 0 saturated carbocycles. The predicted octanol–water partition coefficient (Wildman–Crippen LogP) is 1.92. The number of unbranched alkanes of at least 4 members (excludes halogenated alkanes) is 1. The molecule has 0 unspecified atom stereocenters. The van der Waals surface area contributed by atoms with Crippen molar-refractivity contribution in [2.24, 2.45) is 5.92 Å². The molecule has 3 amide bonds. The van der Waals surface area contributed by atoms with Gasteiger partial charge in [-0.05, 0) is 30.5 Å². The first-order valence-corrected chi connectivity index (χ1v) is 8.31. The average Bonchev–Trinajstić information content (AvgIpc) is 2.80. The number of nitrogens with zero attached hydrogens (tertiary/aromatic N) is 1. The summed E-state index contributed by atoms with van der Waals surface area (Å²) in [5, 5.41) is 11.6. The third kappa shape index (κ3) is 3.70. The lowest BCUT2D eigenvalue weighted by Gasteiger charge is -2.18. The third-order valence-electron chi connectivity index (χ3n) is 4.19. The van der Waals surface area contributed by atoms with Crippen molar-refractivity contribution in [2.75, 3.05) is 6.54 Å². The molecule has 1 heterocycles. The highest BCUT2D eigenvalue weighted by atomic mass is 16.4. The highest BCUT2D eigenvalue weighted by Crippen LogP contribution is 2.24. The van der Waals surface area contributed by atoms with Gasteiger partial charge >= 0.3 is 5.97 Å². The molecule has 0 saturated heterocycles. The molecule has 0 fully saturated rings. The minimum atomic E-state index is -1.12. The Labute approximate surface area is 146 Å².